The Hall–Kier alpha value is -2.30. The standard InChI is InChI=1S/C14H15N3O2/c1-8-3-9-4-13(18-2)11(5-12(9)19-8)14-16-6-10(15)7-17-14/h4-8H,3,15H2,1-2H3. The topological polar surface area (TPSA) is 70.3 Å². The van der Waals surface area contributed by atoms with Gasteiger partial charge in [0, 0.05) is 12.0 Å². The Balaban J connectivity index is 2.10. The van der Waals surface area contributed by atoms with Crippen molar-refractivity contribution in [2.24, 2.45) is 0 Å². The van der Waals surface area contributed by atoms with Gasteiger partial charge in [-0.15, -0.1) is 0 Å². The number of anilines is 1. The Morgan fingerprint density at radius 3 is 2.74 bits per heavy atom. The molecule has 5 nitrogen and oxygen atoms in total. The van der Waals surface area contributed by atoms with Gasteiger partial charge in [-0.2, -0.15) is 0 Å². The predicted octanol–water partition coefficient (Wildman–Crippen LogP) is 2.06. The smallest absolute Gasteiger partial charge is 0.163 e. The highest BCUT2D eigenvalue weighted by Crippen LogP contribution is 2.38. The number of fused-ring (bicyclic) bond motifs is 1. The van der Waals surface area contributed by atoms with E-state index in [1.54, 1.807) is 19.5 Å². The summed E-state index contributed by atoms with van der Waals surface area (Å²) in [5, 5.41) is 0. The molecule has 0 saturated carbocycles. The summed E-state index contributed by atoms with van der Waals surface area (Å²) in [6.45, 7) is 2.05. The zero-order valence-corrected chi connectivity index (χ0v) is 10.9. The summed E-state index contributed by atoms with van der Waals surface area (Å²) in [6, 6.07) is 3.93. The summed E-state index contributed by atoms with van der Waals surface area (Å²) in [7, 11) is 1.64. The summed E-state index contributed by atoms with van der Waals surface area (Å²) in [5.41, 5.74) is 8.11. The molecule has 98 valence electrons. The average Bonchev–Trinajstić information content (AvgIpc) is 2.77. The van der Waals surface area contributed by atoms with Gasteiger partial charge in [0.2, 0.25) is 0 Å². The van der Waals surface area contributed by atoms with Crippen LogP contribution < -0.4 is 15.2 Å². The number of nitrogens with zero attached hydrogens (tertiary/aromatic N) is 2. The van der Waals surface area contributed by atoms with Gasteiger partial charge in [0.05, 0.1) is 30.8 Å². The lowest BCUT2D eigenvalue weighted by Crippen LogP contribution is -2.05. The van der Waals surface area contributed by atoms with Crippen LogP contribution in [0.5, 0.6) is 11.5 Å². The summed E-state index contributed by atoms with van der Waals surface area (Å²) < 4.78 is 11.2. The van der Waals surface area contributed by atoms with Crippen molar-refractivity contribution in [1.82, 2.24) is 9.97 Å². The second-order valence-electron chi connectivity index (χ2n) is 4.63. The molecule has 0 bridgehead atoms. The summed E-state index contributed by atoms with van der Waals surface area (Å²) in [5.74, 6) is 2.21. The monoisotopic (exact) mass is 257 g/mol. The van der Waals surface area contributed by atoms with E-state index < -0.39 is 0 Å². The van der Waals surface area contributed by atoms with Crippen molar-refractivity contribution in [2.45, 2.75) is 19.4 Å². The number of methoxy groups -OCH3 is 1. The molecule has 19 heavy (non-hydrogen) atoms. The average molecular weight is 257 g/mol. The van der Waals surface area contributed by atoms with E-state index in [1.807, 2.05) is 19.1 Å². The number of rotatable bonds is 2. The second-order valence-corrected chi connectivity index (χ2v) is 4.63. The Morgan fingerprint density at radius 2 is 2.05 bits per heavy atom. The third-order valence-electron chi connectivity index (χ3n) is 3.13. The van der Waals surface area contributed by atoms with E-state index in [1.165, 1.54) is 0 Å². The fourth-order valence-electron chi connectivity index (χ4n) is 2.26. The minimum atomic E-state index is 0.197. The molecule has 0 amide bonds. The zero-order chi connectivity index (χ0) is 13.4. The fraction of sp³-hybridized carbons (Fsp3) is 0.286. The van der Waals surface area contributed by atoms with Crippen LogP contribution in [0.2, 0.25) is 0 Å². The van der Waals surface area contributed by atoms with E-state index in [0.29, 0.717) is 11.5 Å². The van der Waals surface area contributed by atoms with Crippen LogP contribution in [-0.2, 0) is 6.42 Å². The fourth-order valence-corrected chi connectivity index (χ4v) is 2.26. The Labute approximate surface area is 111 Å². The summed E-state index contributed by atoms with van der Waals surface area (Å²) in [6.07, 6.45) is 4.26. The van der Waals surface area contributed by atoms with Gasteiger partial charge in [0.15, 0.2) is 5.82 Å². The van der Waals surface area contributed by atoms with Gasteiger partial charge in [-0.1, -0.05) is 0 Å². The molecule has 1 aromatic heterocycles. The van der Waals surface area contributed by atoms with E-state index in [-0.39, 0.29) is 6.10 Å². The highest BCUT2D eigenvalue weighted by Gasteiger charge is 2.22. The number of nitrogens with two attached hydrogens (primary N) is 1. The zero-order valence-electron chi connectivity index (χ0n) is 10.9. The molecule has 3 rings (SSSR count). The molecular formula is C14H15N3O2. The van der Waals surface area contributed by atoms with Crippen molar-refractivity contribution in [3.63, 3.8) is 0 Å². The van der Waals surface area contributed by atoms with Gasteiger partial charge < -0.3 is 15.2 Å². The van der Waals surface area contributed by atoms with Gasteiger partial charge in [-0.25, -0.2) is 9.97 Å². The molecule has 2 heterocycles. The van der Waals surface area contributed by atoms with Crippen LogP contribution in [0.1, 0.15) is 12.5 Å². The van der Waals surface area contributed by atoms with Crippen molar-refractivity contribution < 1.29 is 9.47 Å². The molecule has 1 aromatic carbocycles. The maximum absolute atomic E-state index is 5.76. The molecule has 0 spiro atoms. The van der Waals surface area contributed by atoms with Gasteiger partial charge in [0.1, 0.15) is 17.6 Å². The molecule has 2 aromatic rings. The number of hydrogen-bond donors (Lipinski definition) is 1. The van der Waals surface area contributed by atoms with Crippen molar-refractivity contribution in [3.8, 4) is 22.9 Å². The first-order valence-corrected chi connectivity index (χ1v) is 6.13. The molecule has 1 unspecified atom stereocenters. The number of nitrogen functional groups attached to an aromatic ring is 1. The van der Waals surface area contributed by atoms with E-state index in [0.717, 1.165) is 29.0 Å². The Kier molecular flexibility index (Phi) is 2.74. The molecule has 1 aliphatic heterocycles. The lowest BCUT2D eigenvalue weighted by atomic mass is 10.1. The van der Waals surface area contributed by atoms with Crippen molar-refractivity contribution in [2.75, 3.05) is 12.8 Å². The first kappa shape index (κ1) is 11.8. The highest BCUT2D eigenvalue weighted by molar-refractivity contribution is 5.68. The molecule has 2 N–H and O–H groups in total. The first-order chi connectivity index (χ1) is 9.17. The first-order valence-electron chi connectivity index (χ1n) is 6.13. The summed E-state index contributed by atoms with van der Waals surface area (Å²) >= 11 is 0. The van der Waals surface area contributed by atoms with E-state index >= 15 is 0 Å². The number of benzene rings is 1. The Bertz CT molecular complexity index is 611. The van der Waals surface area contributed by atoms with Crippen LogP contribution in [0.3, 0.4) is 0 Å². The number of hydrogen-bond acceptors (Lipinski definition) is 5. The normalized spacial score (nSPS) is 16.8. The minimum absolute atomic E-state index is 0.197. The lowest BCUT2D eigenvalue weighted by molar-refractivity contribution is 0.254. The van der Waals surface area contributed by atoms with Crippen molar-refractivity contribution in [3.05, 3.63) is 30.1 Å². The molecule has 5 heteroatoms. The summed E-state index contributed by atoms with van der Waals surface area (Å²) in [4.78, 5) is 8.46. The maximum Gasteiger partial charge on any atom is 0.163 e. The SMILES string of the molecule is COc1cc2c(cc1-c1ncc(N)cn1)OC(C)C2. The molecule has 0 fully saturated rings. The van der Waals surface area contributed by atoms with Crippen LogP contribution in [0.25, 0.3) is 11.4 Å². The number of ether oxygens (including phenoxy) is 2. The van der Waals surface area contributed by atoms with Gasteiger partial charge in [-0.3, -0.25) is 0 Å². The molecule has 1 atom stereocenters. The second kappa shape index (κ2) is 4.42. The van der Waals surface area contributed by atoms with Gasteiger partial charge in [-0.05, 0) is 19.1 Å². The van der Waals surface area contributed by atoms with Crippen LogP contribution in [-0.4, -0.2) is 23.2 Å². The molecule has 0 radical (unpaired) electrons. The number of aromatic nitrogens is 2. The minimum Gasteiger partial charge on any atom is -0.496 e. The highest BCUT2D eigenvalue weighted by atomic mass is 16.5. The third kappa shape index (κ3) is 2.07. The Morgan fingerprint density at radius 1 is 1.32 bits per heavy atom. The van der Waals surface area contributed by atoms with Crippen molar-refractivity contribution >= 4 is 5.69 Å². The molecule has 0 aliphatic carbocycles. The van der Waals surface area contributed by atoms with E-state index in [2.05, 4.69) is 9.97 Å². The van der Waals surface area contributed by atoms with Crippen LogP contribution in [0.4, 0.5) is 5.69 Å². The van der Waals surface area contributed by atoms with Gasteiger partial charge >= 0.3 is 0 Å². The largest absolute Gasteiger partial charge is 0.496 e. The molecular weight excluding hydrogens is 242 g/mol. The van der Waals surface area contributed by atoms with E-state index in [9.17, 15) is 0 Å². The van der Waals surface area contributed by atoms with Gasteiger partial charge in [0.25, 0.3) is 0 Å². The molecule has 0 saturated heterocycles. The molecule has 1 aliphatic rings. The quantitative estimate of drug-likeness (QED) is 0.891. The van der Waals surface area contributed by atoms with Crippen LogP contribution in [0, 0.1) is 0 Å². The third-order valence-corrected chi connectivity index (χ3v) is 3.13. The van der Waals surface area contributed by atoms with Crippen LogP contribution in [0.15, 0.2) is 24.5 Å². The predicted molar refractivity (Wildman–Crippen MR) is 72.2 cm³/mol. The van der Waals surface area contributed by atoms with Crippen molar-refractivity contribution in [1.29, 1.82) is 0 Å². The van der Waals surface area contributed by atoms with E-state index in [4.69, 9.17) is 15.2 Å². The maximum atomic E-state index is 5.76. The van der Waals surface area contributed by atoms with Crippen LogP contribution >= 0.6 is 0 Å². The lowest BCUT2D eigenvalue weighted by Gasteiger charge is -2.10.